The van der Waals surface area contributed by atoms with E-state index in [1.54, 1.807) is 0 Å². The second kappa shape index (κ2) is 2.58. The molecule has 3 heteroatoms. The molecule has 0 aliphatic rings. The zero-order valence-corrected chi connectivity index (χ0v) is 3.51. The van der Waals surface area contributed by atoms with Gasteiger partial charge in [0, 0.05) is 8.22 Å². The second-order valence-electron chi connectivity index (χ2n) is 0.980. The molecule has 0 amide bonds. The fourth-order valence-electron chi connectivity index (χ4n) is 0.135. The van der Waals surface area contributed by atoms with Crippen molar-refractivity contribution in [1.82, 2.24) is 4.90 Å². The van der Waals surface area contributed by atoms with Crippen molar-refractivity contribution >= 4 is 5.97 Å². The first-order valence-electron chi connectivity index (χ1n) is 4.54. The van der Waals surface area contributed by atoms with E-state index in [4.69, 9.17) is 13.3 Å². The van der Waals surface area contributed by atoms with Crippen molar-refractivity contribution in [1.29, 1.82) is 0 Å². The number of aliphatic carboxylic acids is 1. The normalized spacial score (nSPS) is 25.9. The second-order valence-corrected chi connectivity index (χ2v) is 0.980. The van der Waals surface area contributed by atoms with Gasteiger partial charge in [-0.25, -0.2) is 0 Å². The molecule has 1 N–H and O–H groups in total. The van der Waals surface area contributed by atoms with E-state index >= 15 is 0 Å². The summed E-state index contributed by atoms with van der Waals surface area (Å²) in [6, 6.07) is 0. The number of hydrogen-bond donors (Lipinski definition) is 1. The molecule has 42 valence electrons. The number of carboxylic acid groups (broad SMARTS) is 1. The minimum Gasteiger partial charge on any atom is -0.480 e. The van der Waals surface area contributed by atoms with Crippen molar-refractivity contribution in [3.8, 4) is 0 Å². The van der Waals surface area contributed by atoms with E-state index < -0.39 is 26.5 Å². The molecule has 3 nitrogen and oxygen atoms in total. The standard InChI is InChI=1S/C4H9NO2/c1-5(2)3-4(6)7/h3H2,1-2H3,(H,6,7)/i1D3,2D3. The summed E-state index contributed by atoms with van der Waals surface area (Å²) >= 11 is 0. The first-order valence-corrected chi connectivity index (χ1v) is 1.54. The Morgan fingerprint density at radius 1 is 2.00 bits per heavy atom. The monoisotopic (exact) mass is 109 g/mol. The fourth-order valence-corrected chi connectivity index (χ4v) is 0.135. The SMILES string of the molecule is [2H]C([2H])([2H])N(CC(=O)O)C([2H])([2H])[2H]. The average Bonchev–Trinajstić information content (AvgIpc) is 1.77. The topological polar surface area (TPSA) is 40.5 Å². The van der Waals surface area contributed by atoms with Crippen LogP contribution in [0.3, 0.4) is 0 Å². The first-order chi connectivity index (χ1) is 5.55. The summed E-state index contributed by atoms with van der Waals surface area (Å²) in [5, 5.41) is 8.27. The molecule has 0 unspecified atom stereocenters. The summed E-state index contributed by atoms with van der Waals surface area (Å²) in [4.78, 5) is 10.1. The average molecular weight is 109 g/mol. The lowest BCUT2D eigenvalue weighted by molar-refractivity contribution is -0.137. The lowest BCUT2D eigenvalue weighted by atomic mass is 10.6. The Hall–Kier alpha value is -0.570. The molecule has 0 aromatic carbocycles. The van der Waals surface area contributed by atoms with Crippen LogP contribution in [0.1, 0.15) is 8.22 Å². The summed E-state index contributed by atoms with van der Waals surface area (Å²) in [5.41, 5.74) is 0. The van der Waals surface area contributed by atoms with Gasteiger partial charge < -0.3 is 5.11 Å². The van der Waals surface area contributed by atoms with Crippen LogP contribution < -0.4 is 0 Å². The summed E-state index contributed by atoms with van der Waals surface area (Å²) in [6.45, 7) is -6.89. The maximum absolute atomic E-state index is 10.2. The molecule has 0 aromatic heterocycles. The number of carbonyl (C=O) groups is 1. The highest BCUT2D eigenvalue weighted by atomic mass is 16.4. The van der Waals surface area contributed by atoms with E-state index in [0.29, 0.717) is 0 Å². The molecule has 0 saturated carbocycles. The van der Waals surface area contributed by atoms with Crippen LogP contribution in [0.2, 0.25) is 0 Å². The highest BCUT2D eigenvalue weighted by molar-refractivity contribution is 5.68. The van der Waals surface area contributed by atoms with Crippen LogP contribution in [0, 0.1) is 0 Å². The van der Waals surface area contributed by atoms with Crippen molar-refractivity contribution in [3.63, 3.8) is 0 Å². The van der Waals surface area contributed by atoms with Gasteiger partial charge in [0.25, 0.3) is 0 Å². The maximum atomic E-state index is 10.2. The number of carboxylic acids is 1. The molecule has 0 aromatic rings. The third-order valence-electron chi connectivity index (χ3n) is 0.293. The molecule has 0 saturated heterocycles. The molecular weight excluding hydrogens is 94.0 g/mol. The number of hydrogen-bond acceptors (Lipinski definition) is 2. The van der Waals surface area contributed by atoms with Gasteiger partial charge in [0.15, 0.2) is 0 Å². The zero-order chi connectivity index (χ0) is 10.9. The van der Waals surface area contributed by atoms with Gasteiger partial charge in [0.1, 0.15) is 0 Å². The molecule has 0 atom stereocenters. The van der Waals surface area contributed by atoms with Crippen molar-refractivity contribution in [2.24, 2.45) is 0 Å². The Morgan fingerprint density at radius 3 is 2.71 bits per heavy atom. The van der Waals surface area contributed by atoms with Crippen LogP contribution in [0.4, 0.5) is 0 Å². The van der Waals surface area contributed by atoms with E-state index in [1.165, 1.54) is 0 Å². The molecule has 0 radical (unpaired) electrons. The van der Waals surface area contributed by atoms with Crippen molar-refractivity contribution in [2.75, 3.05) is 20.5 Å². The number of rotatable bonds is 2. The lowest BCUT2D eigenvalue weighted by Gasteiger charge is -2.01. The minimum atomic E-state index is -2.93. The highest BCUT2D eigenvalue weighted by Gasteiger charge is 1.94. The zero-order valence-electron chi connectivity index (χ0n) is 9.51. The lowest BCUT2D eigenvalue weighted by Crippen LogP contribution is -2.20. The van der Waals surface area contributed by atoms with Gasteiger partial charge in [-0.3, -0.25) is 9.69 Å². The highest BCUT2D eigenvalue weighted by Crippen LogP contribution is 1.69. The third kappa shape index (κ3) is 5.43. The van der Waals surface area contributed by atoms with E-state index in [0.717, 1.165) is 0 Å². The summed E-state index contributed by atoms with van der Waals surface area (Å²) in [6.07, 6.45) is 0. The summed E-state index contributed by atoms with van der Waals surface area (Å²) < 4.78 is 40.6. The van der Waals surface area contributed by atoms with Gasteiger partial charge in [-0.2, -0.15) is 0 Å². The van der Waals surface area contributed by atoms with Gasteiger partial charge >= 0.3 is 5.97 Å². The smallest absolute Gasteiger partial charge is 0.317 e. The van der Waals surface area contributed by atoms with E-state index in [9.17, 15) is 4.79 Å². The van der Waals surface area contributed by atoms with Gasteiger partial charge in [-0.15, -0.1) is 0 Å². The van der Waals surface area contributed by atoms with Gasteiger partial charge in [0.2, 0.25) is 0 Å². The molecule has 0 rings (SSSR count). The Morgan fingerprint density at radius 2 is 2.57 bits per heavy atom. The largest absolute Gasteiger partial charge is 0.480 e. The Balaban J connectivity index is 4.68. The fraction of sp³-hybridized carbons (Fsp3) is 0.750. The molecular formula is C4H9NO2. The quantitative estimate of drug-likeness (QED) is 0.526. The van der Waals surface area contributed by atoms with Crippen LogP contribution in [0.15, 0.2) is 0 Å². The van der Waals surface area contributed by atoms with Crippen molar-refractivity contribution in [2.45, 2.75) is 0 Å². The van der Waals surface area contributed by atoms with Gasteiger partial charge in [-0.1, -0.05) is 0 Å². The first kappa shape index (κ1) is 1.45. The van der Waals surface area contributed by atoms with Crippen LogP contribution in [0.25, 0.3) is 0 Å². The predicted molar refractivity (Wildman–Crippen MR) is 26.2 cm³/mol. The van der Waals surface area contributed by atoms with Crippen LogP contribution in [0.5, 0.6) is 0 Å². The molecule has 0 heterocycles. The Kier molecular flexibility index (Phi) is 0.534. The molecule has 0 fully saturated rings. The third-order valence-corrected chi connectivity index (χ3v) is 0.293. The van der Waals surface area contributed by atoms with Gasteiger partial charge in [0.05, 0.1) is 6.54 Å². The van der Waals surface area contributed by atoms with Crippen LogP contribution in [-0.4, -0.2) is 36.5 Å². The van der Waals surface area contributed by atoms with Crippen LogP contribution >= 0.6 is 0 Å². The molecule has 0 aliphatic heterocycles. The van der Waals surface area contributed by atoms with Crippen molar-refractivity contribution in [3.05, 3.63) is 0 Å². The Bertz CT molecular complexity index is 182. The van der Waals surface area contributed by atoms with Crippen LogP contribution in [-0.2, 0) is 4.79 Å². The van der Waals surface area contributed by atoms with E-state index in [2.05, 4.69) is 0 Å². The van der Waals surface area contributed by atoms with Gasteiger partial charge in [-0.05, 0) is 14.0 Å². The molecule has 0 bridgehead atoms. The predicted octanol–water partition coefficient (Wildman–Crippen LogP) is -0.367. The molecule has 0 spiro atoms. The summed E-state index contributed by atoms with van der Waals surface area (Å²) in [7, 11) is 0. The molecule has 0 aliphatic carbocycles. The Labute approximate surface area is 51.0 Å². The number of nitrogens with zero attached hydrogens (tertiary/aromatic N) is 1. The minimum absolute atomic E-state index is 0.0255. The maximum Gasteiger partial charge on any atom is 0.317 e. The van der Waals surface area contributed by atoms with E-state index in [-0.39, 0.29) is 4.90 Å². The summed E-state index contributed by atoms with van der Waals surface area (Å²) in [5.74, 6) is -1.49. The number of likely N-dealkylation sites (N-methyl/N-ethyl adjacent to an activating group) is 1. The van der Waals surface area contributed by atoms with Crippen molar-refractivity contribution < 1.29 is 18.1 Å². The molecule has 7 heavy (non-hydrogen) atoms. The van der Waals surface area contributed by atoms with E-state index in [1.807, 2.05) is 0 Å².